The second-order valence-electron chi connectivity index (χ2n) is 6.48. The van der Waals surface area contributed by atoms with Crippen molar-refractivity contribution < 1.29 is 13.9 Å². The van der Waals surface area contributed by atoms with E-state index in [1.165, 1.54) is 0 Å². The minimum absolute atomic E-state index is 0.195. The fraction of sp³-hybridized carbons (Fsp3) is 0.0455. The number of hydrogen-bond donors (Lipinski definition) is 1. The number of rotatable bonds is 4. The number of carbonyl (C=O) groups excluding carboxylic acids is 1. The number of benzene rings is 3. The molecule has 0 bridgehead atoms. The van der Waals surface area contributed by atoms with Crippen LogP contribution in [0.2, 0.25) is 0 Å². The van der Waals surface area contributed by atoms with Crippen molar-refractivity contribution in [2.24, 2.45) is 0 Å². The second-order valence-corrected chi connectivity index (χ2v) is 6.48. The molecule has 0 saturated carbocycles. The topological polar surface area (TPSA) is 82.2 Å². The molecule has 2 heterocycles. The summed E-state index contributed by atoms with van der Waals surface area (Å²) >= 11 is 0. The van der Waals surface area contributed by atoms with E-state index >= 15 is 0 Å². The van der Waals surface area contributed by atoms with E-state index < -0.39 is 0 Å². The van der Waals surface area contributed by atoms with E-state index in [1.54, 1.807) is 24.1 Å². The van der Waals surface area contributed by atoms with E-state index in [0.29, 0.717) is 17.0 Å². The van der Waals surface area contributed by atoms with Gasteiger partial charge in [0.2, 0.25) is 0 Å². The van der Waals surface area contributed by atoms with Gasteiger partial charge >= 0.3 is 0 Å². The van der Waals surface area contributed by atoms with Crippen LogP contribution in [-0.2, 0) is 0 Å². The molecule has 0 radical (unpaired) electrons. The van der Waals surface area contributed by atoms with E-state index in [1.807, 2.05) is 60.7 Å². The number of anilines is 1. The van der Waals surface area contributed by atoms with E-state index in [4.69, 9.17) is 9.15 Å². The summed E-state index contributed by atoms with van der Waals surface area (Å²) < 4.78 is 12.9. The summed E-state index contributed by atoms with van der Waals surface area (Å²) in [5.41, 5.74) is 2.95. The van der Waals surface area contributed by atoms with Crippen molar-refractivity contribution in [1.82, 2.24) is 15.0 Å². The van der Waals surface area contributed by atoms with Crippen LogP contribution in [0.3, 0.4) is 0 Å². The molecular formula is C22H16N4O3. The Morgan fingerprint density at radius 2 is 1.79 bits per heavy atom. The predicted molar refractivity (Wildman–Crippen MR) is 110 cm³/mol. The Labute approximate surface area is 165 Å². The zero-order valence-corrected chi connectivity index (χ0v) is 15.5. The van der Waals surface area contributed by atoms with Gasteiger partial charge in [-0.25, -0.2) is 4.68 Å². The van der Waals surface area contributed by atoms with Gasteiger partial charge in [-0.1, -0.05) is 41.6 Å². The Kier molecular flexibility index (Phi) is 3.98. The Balaban J connectivity index is 1.49. The molecule has 5 rings (SSSR count). The van der Waals surface area contributed by atoms with E-state index in [-0.39, 0.29) is 11.6 Å². The Bertz CT molecular complexity index is 1340. The van der Waals surface area contributed by atoms with Crippen molar-refractivity contribution in [3.05, 3.63) is 78.6 Å². The molecule has 0 aliphatic heterocycles. The van der Waals surface area contributed by atoms with Gasteiger partial charge in [-0.3, -0.25) is 4.79 Å². The Morgan fingerprint density at radius 3 is 2.62 bits per heavy atom. The highest BCUT2D eigenvalue weighted by atomic mass is 16.5. The maximum Gasteiger partial charge on any atom is 0.277 e. The van der Waals surface area contributed by atoms with Crippen LogP contribution in [0.15, 0.2) is 77.3 Å². The van der Waals surface area contributed by atoms with Crippen molar-refractivity contribution in [3.8, 4) is 11.4 Å². The van der Waals surface area contributed by atoms with Crippen LogP contribution in [0.25, 0.3) is 27.6 Å². The molecule has 2 aromatic heterocycles. The molecule has 3 aromatic carbocycles. The molecule has 7 nitrogen and oxygen atoms in total. The summed E-state index contributed by atoms with van der Waals surface area (Å²) in [5, 5.41) is 12.8. The van der Waals surface area contributed by atoms with Crippen molar-refractivity contribution in [2.75, 3.05) is 12.4 Å². The lowest BCUT2D eigenvalue weighted by Crippen LogP contribution is -2.13. The minimum atomic E-state index is -0.388. The van der Waals surface area contributed by atoms with Gasteiger partial charge in [-0.2, -0.15) is 0 Å². The molecule has 0 aliphatic carbocycles. The molecule has 29 heavy (non-hydrogen) atoms. The average Bonchev–Trinajstić information content (AvgIpc) is 3.39. The number of nitrogens with one attached hydrogen (secondary N) is 1. The summed E-state index contributed by atoms with van der Waals surface area (Å²) in [4.78, 5) is 12.7. The van der Waals surface area contributed by atoms with Crippen LogP contribution in [0, 0.1) is 0 Å². The molecule has 1 amide bonds. The summed E-state index contributed by atoms with van der Waals surface area (Å²) in [6, 6.07) is 20.8. The lowest BCUT2D eigenvalue weighted by Gasteiger charge is -2.09. The van der Waals surface area contributed by atoms with Gasteiger partial charge in [0, 0.05) is 16.8 Å². The molecule has 5 aromatic rings. The first-order chi connectivity index (χ1) is 14.2. The summed E-state index contributed by atoms with van der Waals surface area (Å²) in [6.07, 6.45) is 1.58. The predicted octanol–water partition coefficient (Wildman–Crippen LogP) is 4.43. The van der Waals surface area contributed by atoms with Crippen LogP contribution >= 0.6 is 0 Å². The largest absolute Gasteiger partial charge is 0.495 e. The van der Waals surface area contributed by atoms with Gasteiger partial charge in [0.05, 0.1) is 24.7 Å². The Hall–Kier alpha value is -4.13. The maximum atomic E-state index is 12.7. The number of nitrogens with zero attached hydrogens (tertiary/aromatic N) is 3. The number of methoxy groups -OCH3 is 1. The Morgan fingerprint density at radius 1 is 1.00 bits per heavy atom. The smallest absolute Gasteiger partial charge is 0.277 e. The third kappa shape index (κ3) is 2.98. The summed E-state index contributed by atoms with van der Waals surface area (Å²) in [7, 11) is 1.56. The molecule has 0 unspecified atom stereocenters. The molecule has 7 heteroatoms. The molecular weight excluding hydrogens is 368 g/mol. The van der Waals surface area contributed by atoms with E-state index in [0.717, 1.165) is 22.0 Å². The fourth-order valence-corrected chi connectivity index (χ4v) is 3.28. The highest BCUT2D eigenvalue weighted by molar-refractivity contribution is 6.09. The van der Waals surface area contributed by atoms with Gasteiger partial charge in [0.1, 0.15) is 16.9 Å². The van der Waals surface area contributed by atoms with Crippen LogP contribution in [0.1, 0.15) is 10.5 Å². The first kappa shape index (κ1) is 17.0. The van der Waals surface area contributed by atoms with Crippen LogP contribution in [-0.4, -0.2) is 28.0 Å². The first-order valence-electron chi connectivity index (χ1n) is 9.01. The van der Waals surface area contributed by atoms with Crippen molar-refractivity contribution in [3.63, 3.8) is 0 Å². The van der Waals surface area contributed by atoms with E-state index in [2.05, 4.69) is 15.6 Å². The monoisotopic (exact) mass is 384 g/mol. The van der Waals surface area contributed by atoms with Gasteiger partial charge < -0.3 is 14.5 Å². The number of carbonyl (C=O) groups is 1. The summed E-state index contributed by atoms with van der Waals surface area (Å²) in [6.45, 7) is 0. The first-order valence-corrected chi connectivity index (χ1v) is 9.01. The summed E-state index contributed by atoms with van der Waals surface area (Å²) in [5.74, 6) is 0.147. The lowest BCUT2D eigenvalue weighted by molar-refractivity contribution is 0.102. The molecule has 0 saturated heterocycles. The van der Waals surface area contributed by atoms with Crippen LogP contribution in [0.4, 0.5) is 5.69 Å². The zero-order valence-electron chi connectivity index (χ0n) is 15.5. The number of fused-ring (bicyclic) bond motifs is 3. The zero-order chi connectivity index (χ0) is 19.8. The van der Waals surface area contributed by atoms with Crippen molar-refractivity contribution in [1.29, 1.82) is 0 Å². The highest BCUT2D eigenvalue weighted by Gasteiger charge is 2.17. The van der Waals surface area contributed by atoms with Gasteiger partial charge in [-0.15, -0.1) is 5.10 Å². The standard InChI is InChI=1S/C22H16N4O3/c1-28-21-11-16-15-9-5-6-10-19(15)29-20(16)12-17(21)23-22(27)18-13-26(25-24-18)14-7-3-2-4-8-14/h2-13H,1H3,(H,23,27). The number of furan rings is 1. The number of hydrogen-bond acceptors (Lipinski definition) is 5. The van der Waals surface area contributed by atoms with Gasteiger partial charge in [0.15, 0.2) is 5.69 Å². The number of aromatic nitrogens is 3. The van der Waals surface area contributed by atoms with Gasteiger partial charge in [0.25, 0.3) is 5.91 Å². The average molecular weight is 384 g/mol. The normalized spacial score (nSPS) is 11.1. The molecule has 0 fully saturated rings. The second kappa shape index (κ2) is 6.79. The third-order valence-electron chi connectivity index (χ3n) is 4.69. The SMILES string of the molecule is COc1cc2c(cc1NC(=O)c1cn(-c3ccccc3)nn1)oc1ccccc12. The molecule has 0 spiro atoms. The molecule has 0 aliphatic rings. The maximum absolute atomic E-state index is 12.7. The van der Waals surface area contributed by atoms with Gasteiger partial charge in [-0.05, 0) is 24.3 Å². The van der Waals surface area contributed by atoms with Crippen molar-refractivity contribution >= 4 is 33.5 Å². The minimum Gasteiger partial charge on any atom is -0.495 e. The van der Waals surface area contributed by atoms with Crippen LogP contribution < -0.4 is 10.1 Å². The number of ether oxygens (including phenoxy) is 1. The lowest BCUT2D eigenvalue weighted by atomic mass is 10.1. The highest BCUT2D eigenvalue weighted by Crippen LogP contribution is 2.36. The molecule has 142 valence electrons. The third-order valence-corrected chi connectivity index (χ3v) is 4.69. The molecule has 0 atom stereocenters. The quantitative estimate of drug-likeness (QED) is 0.496. The van der Waals surface area contributed by atoms with Crippen molar-refractivity contribution in [2.45, 2.75) is 0 Å². The number of amides is 1. The number of para-hydroxylation sites is 2. The molecule has 1 N–H and O–H groups in total. The van der Waals surface area contributed by atoms with E-state index in [9.17, 15) is 4.79 Å². The van der Waals surface area contributed by atoms with Crippen LogP contribution in [0.5, 0.6) is 5.75 Å². The fourth-order valence-electron chi connectivity index (χ4n) is 3.28.